The molecule has 0 spiro atoms. The fourth-order valence-electron chi connectivity index (χ4n) is 3.29. The normalized spacial score (nSPS) is 15.5. The fourth-order valence-corrected chi connectivity index (χ4v) is 3.79. The summed E-state index contributed by atoms with van der Waals surface area (Å²) in [6, 6.07) is 12.4. The molecule has 0 aliphatic carbocycles. The monoisotopic (exact) mass is 399 g/mol. The summed E-state index contributed by atoms with van der Waals surface area (Å²) in [7, 11) is 0. The van der Waals surface area contributed by atoms with Crippen LogP contribution in [0.4, 0.5) is 0 Å². The van der Waals surface area contributed by atoms with Crippen LogP contribution in [0, 0.1) is 0 Å². The number of hydrogen-bond donors (Lipinski definition) is 2. The Kier molecular flexibility index (Phi) is 3.80. The van der Waals surface area contributed by atoms with Crippen LogP contribution in [0.3, 0.4) is 0 Å². The molecule has 1 atom stereocenters. The van der Waals surface area contributed by atoms with E-state index in [0.29, 0.717) is 24.0 Å². The molecule has 2 N–H and O–H groups in total. The number of nitrogens with one attached hydrogen (secondary N) is 2. The second-order valence-corrected chi connectivity index (χ2v) is 6.93. The molecule has 1 aliphatic heterocycles. The van der Waals surface area contributed by atoms with E-state index in [9.17, 15) is 14.4 Å². The van der Waals surface area contributed by atoms with E-state index < -0.39 is 17.2 Å². The third-order valence-electron chi connectivity index (χ3n) is 4.39. The van der Waals surface area contributed by atoms with Crippen molar-refractivity contribution in [3.8, 4) is 0 Å². The molecule has 2 aromatic carbocycles. The first-order valence-corrected chi connectivity index (χ1v) is 8.62. The molecule has 0 saturated carbocycles. The van der Waals surface area contributed by atoms with Gasteiger partial charge in [-0.2, -0.15) is 0 Å². The van der Waals surface area contributed by atoms with Crippen molar-refractivity contribution in [3.63, 3.8) is 0 Å². The number of aromatic amines is 1. The number of nitrogens with zero attached hydrogens (tertiary/aromatic N) is 1. The molecule has 4 rings (SSSR count). The fraction of sp³-hybridized carbons (Fsp3) is 0.167. The maximum absolute atomic E-state index is 12.7. The van der Waals surface area contributed by atoms with Crippen LogP contribution in [0.25, 0.3) is 11.0 Å². The summed E-state index contributed by atoms with van der Waals surface area (Å²) in [6.07, 6.45) is 0.378. The van der Waals surface area contributed by atoms with E-state index in [4.69, 9.17) is 0 Å². The van der Waals surface area contributed by atoms with Gasteiger partial charge in [0.05, 0.1) is 11.0 Å². The molecule has 126 valence electrons. The van der Waals surface area contributed by atoms with Crippen LogP contribution in [-0.2, 0) is 17.8 Å². The summed E-state index contributed by atoms with van der Waals surface area (Å²) in [4.78, 5) is 39.6. The number of rotatable bonds is 3. The summed E-state index contributed by atoms with van der Waals surface area (Å²) >= 11 is 3.40. The largest absolute Gasteiger partial charge is 0.350 e. The van der Waals surface area contributed by atoms with Crippen molar-refractivity contribution in [2.75, 3.05) is 0 Å². The van der Waals surface area contributed by atoms with Crippen LogP contribution in [0.2, 0.25) is 0 Å². The van der Waals surface area contributed by atoms with Gasteiger partial charge in [0.15, 0.2) is 0 Å². The lowest BCUT2D eigenvalue weighted by Crippen LogP contribution is -2.41. The van der Waals surface area contributed by atoms with E-state index in [1.54, 1.807) is 6.07 Å². The molecule has 2 heterocycles. The second kappa shape index (κ2) is 6.00. The summed E-state index contributed by atoms with van der Waals surface area (Å²) in [5, 5.41) is 2.86. The van der Waals surface area contributed by atoms with E-state index in [1.165, 1.54) is 4.57 Å². The lowest BCUT2D eigenvalue weighted by molar-refractivity contribution is -0.124. The number of aromatic nitrogens is 2. The smallest absolute Gasteiger partial charge is 0.317 e. The Morgan fingerprint density at radius 2 is 2.00 bits per heavy atom. The molecule has 3 aromatic rings. The number of benzene rings is 2. The zero-order valence-electron chi connectivity index (χ0n) is 13.1. The molecule has 7 heteroatoms. The SMILES string of the molecule is O=C(NCc1ccccc1)C1Cc2cc(Br)cc3[nH]c(=O)c(=O)n1c23. The van der Waals surface area contributed by atoms with Gasteiger partial charge in [-0.3, -0.25) is 19.0 Å². The first kappa shape index (κ1) is 15.8. The van der Waals surface area contributed by atoms with Gasteiger partial charge in [-0.1, -0.05) is 46.3 Å². The lowest BCUT2D eigenvalue weighted by Gasteiger charge is -2.14. The molecule has 1 unspecified atom stereocenters. The van der Waals surface area contributed by atoms with Gasteiger partial charge >= 0.3 is 11.1 Å². The van der Waals surface area contributed by atoms with Crippen LogP contribution in [-0.4, -0.2) is 15.5 Å². The Morgan fingerprint density at radius 3 is 2.76 bits per heavy atom. The Hall–Kier alpha value is -2.67. The first-order chi connectivity index (χ1) is 12.0. The summed E-state index contributed by atoms with van der Waals surface area (Å²) in [6.45, 7) is 0.372. The minimum atomic E-state index is -0.723. The van der Waals surface area contributed by atoms with Crippen LogP contribution < -0.4 is 16.4 Å². The van der Waals surface area contributed by atoms with Crippen molar-refractivity contribution in [1.82, 2.24) is 14.9 Å². The highest BCUT2D eigenvalue weighted by Gasteiger charge is 2.32. The Bertz CT molecular complexity index is 1100. The van der Waals surface area contributed by atoms with Crippen LogP contribution >= 0.6 is 15.9 Å². The van der Waals surface area contributed by atoms with Crippen LogP contribution in [0.1, 0.15) is 17.2 Å². The van der Waals surface area contributed by atoms with Crippen LogP contribution in [0.15, 0.2) is 56.5 Å². The maximum atomic E-state index is 12.7. The van der Waals surface area contributed by atoms with Gasteiger partial charge in [0.1, 0.15) is 6.04 Å². The summed E-state index contributed by atoms with van der Waals surface area (Å²) < 4.78 is 2.11. The zero-order chi connectivity index (χ0) is 17.6. The predicted molar refractivity (Wildman–Crippen MR) is 97.6 cm³/mol. The quantitative estimate of drug-likeness (QED) is 0.659. The second-order valence-electron chi connectivity index (χ2n) is 6.01. The number of hydrogen-bond acceptors (Lipinski definition) is 3. The van der Waals surface area contributed by atoms with E-state index in [2.05, 4.69) is 26.2 Å². The number of H-pyrrole nitrogens is 1. The van der Waals surface area contributed by atoms with Crippen LogP contribution in [0.5, 0.6) is 0 Å². The number of amides is 1. The minimum absolute atomic E-state index is 0.273. The molecule has 0 bridgehead atoms. The number of carbonyl (C=O) groups is 1. The molecule has 1 amide bonds. The van der Waals surface area contributed by atoms with Gasteiger partial charge in [-0.25, -0.2) is 0 Å². The number of carbonyl (C=O) groups excluding carboxylic acids is 1. The average Bonchev–Trinajstić information content (AvgIpc) is 2.98. The van der Waals surface area contributed by atoms with E-state index in [-0.39, 0.29) is 5.91 Å². The summed E-state index contributed by atoms with van der Waals surface area (Å²) in [5.41, 5.74) is 1.57. The molecule has 0 fully saturated rings. The van der Waals surface area contributed by atoms with Gasteiger partial charge in [0.2, 0.25) is 5.91 Å². The molecule has 6 nitrogen and oxygen atoms in total. The van der Waals surface area contributed by atoms with Gasteiger partial charge in [0.25, 0.3) is 0 Å². The topological polar surface area (TPSA) is 84.0 Å². The molecular formula is C18H14BrN3O3. The Morgan fingerprint density at radius 1 is 1.24 bits per heavy atom. The standard InChI is InChI=1S/C18H14BrN3O3/c19-12-6-11-7-14(16(23)20-9-10-4-2-1-3-5-10)22-15(11)13(8-12)21-17(24)18(22)25/h1-6,8,14H,7,9H2,(H,20,23)(H,21,24). The molecule has 1 aliphatic rings. The highest BCUT2D eigenvalue weighted by molar-refractivity contribution is 9.10. The lowest BCUT2D eigenvalue weighted by atomic mass is 10.1. The highest BCUT2D eigenvalue weighted by atomic mass is 79.9. The van der Waals surface area contributed by atoms with Gasteiger partial charge < -0.3 is 10.3 Å². The van der Waals surface area contributed by atoms with E-state index in [0.717, 1.165) is 15.6 Å². The van der Waals surface area contributed by atoms with Crippen molar-refractivity contribution >= 4 is 32.9 Å². The van der Waals surface area contributed by atoms with Gasteiger partial charge in [-0.15, -0.1) is 0 Å². The Balaban J connectivity index is 1.71. The molecule has 1 aromatic heterocycles. The molecular weight excluding hydrogens is 386 g/mol. The Labute approximate surface area is 150 Å². The minimum Gasteiger partial charge on any atom is -0.350 e. The van der Waals surface area contributed by atoms with Crippen molar-refractivity contribution in [1.29, 1.82) is 0 Å². The van der Waals surface area contributed by atoms with E-state index in [1.807, 2.05) is 36.4 Å². The van der Waals surface area contributed by atoms with Gasteiger partial charge in [-0.05, 0) is 23.3 Å². The van der Waals surface area contributed by atoms with E-state index >= 15 is 0 Å². The number of halogens is 1. The first-order valence-electron chi connectivity index (χ1n) is 7.83. The average molecular weight is 400 g/mol. The summed E-state index contributed by atoms with van der Waals surface area (Å²) in [5.74, 6) is -0.273. The zero-order valence-corrected chi connectivity index (χ0v) is 14.7. The van der Waals surface area contributed by atoms with Crippen molar-refractivity contribution in [3.05, 3.63) is 78.8 Å². The molecule has 0 radical (unpaired) electrons. The highest BCUT2D eigenvalue weighted by Crippen LogP contribution is 2.32. The predicted octanol–water partition coefficient (Wildman–Crippen LogP) is 1.87. The molecule has 25 heavy (non-hydrogen) atoms. The van der Waals surface area contributed by atoms with Crippen molar-refractivity contribution < 1.29 is 4.79 Å². The van der Waals surface area contributed by atoms with Crippen molar-refractivity contribution in [2.24, 2.45) is 0 Å². The maximum Gasteiger partial charge on any atom is 0.317 e. The van der Waals surface area contributed by atoms with Crippen molar-refractivity contribution in [2.45, 2.75) is 19.0 Å². The molecule has 0 saturated heterocycles. The van der Waals surface area contributed by atoms with Gasteiger partial charge in [0, 0.05) is 17.4 Å². The third kappa shape index (κ3) is 2.70. The third-order valence-corrected chi connectivity index (χ3v) is 4.85.